The molecule has 26 heavy (non-hydrogen) atoms. The lowest BCUT2D eigenvalue weighted by molar-refractivity contribution is 0.0200. The Morgan fingerprint density at radius 2 is 2.19 bits per heavy atom. The number of sulfonamides is 1. The first-order chi connectivity index (χ1) is 12.5. The van der Waals surface area contributed by atoms with Crippen LogP contribution >= 0.6 is 11.3 Å². The number of hydrogen-bond acceptors (Lipinski definition) is 6. The van der Waals surface area contributed by atoms with Gasteiger partial charge in [-0.05, 0) is 26.2 Å². The van der Waals surface area contributed by atoms with Crippen LogP contribution in [0, 0.1) is 6.92 Å². The Morgan fingerprint density at radius 3 is 2.85 bits per heavy atom. The molecule has 8 nitrogen and oxygen atoms in total. The summed E-state index contributed by atoms with van der Waals surface area (Å²) < 4.78 is 32.3. The predicted octanol–water partition coefficient (Wildman–Crippen LogP) is 0.648. The minimum atomic E-state index is -3.33. The molecular weight excluding hydrogens is 374 g/mol. The highest BCUT2D eigenvalue weighted by Gasteiger charge is 2.17. The fourth-order valence-corrected chi connectivity index (χ4v) is 4.33. The normalized spacial score (nSPS) is 18.7. The number of aryl methyl sites for hydroxylation is 1. The van der Waals surface area contributed by atoms with E-state index in [9.17, 15) is 8.42 Å². The van der Waals surface area contributed by atoms with Gasteiger partial charge in [0.15, 0.2) is 5.96 Å². The summed E-state index contributed by atoms with van der Waals surface area (Å²) in [6.45, 7) is 4.08. The molecule has 0 bridgehead atoms. The minimum Gasteiger partial charge on any atom is -0.377 e. The fourth-order valence-electron chi connectivity index (χ4n) is 2.59. The van der Waals surface area contributed by atoms with E-state index in [1.54, 1.807) is 18.4 Å². The van der Waals surface area contributed by atoms with E-state index >= 15 is 0 Å². The highest BCUT2D eigenvalue weighted by molar-refractivity contribution is 7.89. The summed E-state index contributed by atoms with van der Waals surface area (Å²) in [5, 5.41) is 7.27. The number of aromatic nitrogens is 1. The third-order valence-electron chi connectivity index (χ3n) is 3.99. The molecule has 10 heteroatoms. The van der Waals surface area contributed by atoms with Crippen LogP contribution in [0.25, 0.3) is 0 Å². The zero-order valence-electron chi connectivity index (χ0n) is 15.5. The van der Waals surface area contributed by atoms with Crippen molar-refractivity contribution in [2.45, 2.75) is 38.7 Å². The topological polar surface area (TPSA) is 105 Å². The first-order valence-corrected chi connectivity index (χ1v) is 11.4. The molecule has 1 aromatic heterocycles. The second-order valence-corrected chi connectivity index (χ2v) is 9.44. The molecule has 0 spiro atoms. The number of nitrogens with one attached hydrogen (secondary N) is 3. The van der Waals surface area contributed by atoms with Crippen molar-refractivity contribution in [3.8, 4) is 0 Å². The highest BCUT2D eigenvalue weighted by Crippen LogP contribution is 2.12. The molecule has 1 unspecified atom stereocenters. The van der Waals surface area contributed by atoms with Gasteiger partial charge < -0.3 is 15.4 Å². The summed E-state index contributed by atoms with van der Waals surface area (Å²) >= 11 is 1.68. The molecular formula is C16H29N5O3S2. The van der Waals surface area contributed by atoms with Gasteiger partial charge in [-0.2, -0.15) is 0 Å². The summed E-state index contributed by atoms with van der Waals surface area (Å²) in [6, 6.07) is 0. The Bertz CT molecular complexity index is 669. The number of nitrogens with zero attached hydrogens (tertiary/aromatic N) is 2. The molecule has 1 fully saturated rings. The van der Waals surface area contributed by atoms with Crippen LogP contribution in [0.15, 0.2) is 11.2 Å². The summed E-state index contributed by atoms with van der Waals surface area (Å²) in [5.41, 5.74) is 0. The minimum absolute atomic E-state index is 0.00425. The Balaban J connectivity index is 1.62. The van der Waals surface area contributed by atoms with Crippen LogP contribution in [-0.2, 0) is 21.2 Å². The molecule has 2 rings (SSSR count). The van der Waals surface area contributed by atoms with Gasteiger partial charge in [-0.15, -0.1) is 11.3 Å². The van der Waals surface area contributed by atoms with E-state index in [-0.39, 0.29) is 18.4 Å². The van der Waals surface area contributed by atoms with E-state index in [1.807, 2.05) is 13.1 Å². The lowest BCUT2D eigenvalue weighted by Crippen LogP contribution is -2.43. The summed E-state index contributed by atoms with van der Waals surface area (Å²) in [5.74, 6) is 0.579. The first kappa shape index (κ1) is 21.1. The average Bonchev–Trinajstić information content (AvgIpc) is 3.05. The van der Waals surface area contributed by atoms with Crippen LogP contribution in [-0.4, -0.2) is 64.5 Å². The molecule has 0 amide bonds. The van der Waals surface area contributed by atoms with E-state index in [0.717, 1.165) is 37.3 Å². The van der Waals surface area contributed by atoms with Crippen molar-refractivity contribution in [1.82, 2.24) is 20.3 Å². The highest BCUT2D eigenvalue weighted by atomic mass is 32.2. The largest absolute Gasteiger partial charge is 0.377 e. The Morgan fingerprint density at radius 1 is 1.38 bits per heavy atom. The monoisotopic (exact) mass is 403 g/mol. The van der Waals surface area contributed by atoms with Crippen LogP contribution in [0.2, 0.25) is 0 Å². The Labute approximate surface area is 159 Å². The Kier molecular flexibility index (Phi) is 8.76. The molecule has 0 aliphatic carbocycles. The van der Waals surface area contributed by atoms with Gasteiger partial charge in [0.1, 0.15) is 0 Å². The second kappa shape index (κ2) is 10.8. The van der Waals surface area contributed by atoms with Crippen molar-refractivity contribution in [3.63, 3.8) is 0 Å². The van der Waals surface area contributed by atoms with Gasteiger partial charge in [-0.1, -0.05) is 0 Å². The number of thiazole rings is 1. The van der Waals surface area contributed by atoms with Gasteiger partial charge in [0, 0.05) is 50.8 Å². The number of ether oxygens (including phenoxy) is 1. The SMILES string of the molecule is CN=C(NCCc1ncc(C)s1)NCCS(=O)(=O)NCC1CCCCO1. The van der Waals surface area contributed by atoms with Crippen molar-refractivity contribution in [3.05, 3.63) is 16.1 Å². The van der Waals surface area contributed by atoms with E-state index in [0.29, 0.717) is 19.0 Å². The van der Waals surface area contributed by atoms with Crippen LogP contribution in [0.4, 0.5) is 0 Å². The zero-order chi connectivity index (χ0) is 18.8. The maximum absolute atomic E-state index is 12.1. The van der Waals surface area contributed by atoms with Crippen molar-refractivity contribution in [2.24, 2.45) is 4.99 Å². The van der Waals surface area contributed by atoms with Crippen molar-refractivity contribution >= 4 is 27.3 Å². The lowest BCUT2D eigenvalue weighted by atomic mass is 10.1. The van der Waals surface area contributed by atoms with E-state index in [2.05, 4.69) is 25.3 Å². The van der Waals surface area contributed by atoms with Crippen LogP contribution < -0.4 is 15.4 Å². The predicted molar refractivity (Wildman–Crippen MR) is 105 cm³/mol. The van der Waals surface area contributed by atoms with Gasteiger partial charge in [0.05, 0.1) is 16.9 Å². The van der Waals surface area contributed by atoms with Crippen LogP contribution in [0.5, 0.6) is 0 Å². The number of guanidine groups is 1. The number of hydrogen-bond donors (Lipinski definition) is 3. The molecule has 3 N–H and O–H groups in total. The Hall–Kier alpha value is -1.23. The lowest BCUT2D eigenvalue weighted by Gasteiger charge is -2.22. The quantitative estimate of drug-likeness (QED) is 0.413. The maximum Gasteiger partial charge on any atom is 0.213 e. The summed E-state index contributed by atoms with van der Waals surface area (Å²) in [7, 11) is -1.67. The van der Waals surface area contributed by atoms with Gasteiger partial charge >= 0.3 is 0 Å². The molecule has 1 aromatic rings. The first-order valence-electron chi connectivity index (χ1n) is 8.93. The summed E-state index contributed by atoms with van der Waals surface area (Å²) in [4.78, 5) is 9.61. The van der Waals surface area contributed by atoms with Gasteiger partial charge in [-0.3, -0.25) is 4.99 Å². The van der Waals surface area contributed by atoms with Crippen molar-refractivity contribution < 1.29 is 13.2 Å². The van der Waals surface area contributed by atoms with Gasteiger partial charge in [0.2, 0.25) is 10.0 Å². The molecule has 2 heterocycles. The second-order valence-electron chi connectivity index (χ2n) is 6.20. The molecule has 148 valence electrons. The van der Waals surface area contributed by atoms with E-state index in [1.165, 1.54) is 4.88 Å². The van der Waals surface area contributed by atoms with Gasteiger partial charge in [-0.25, -0.2) is 18.1 Å². The fraction of sp³-hybridized carbons (Fsp3) is 0.750. The van der Waals surface area contributed by atoms with Crippen molar-refractivity contribution in [2.75, 3.05) is 39.0 Å². The maximum atomic E-state index is 12.1. The van der Waals surface area contributed by atoms with Crippen LogP contribution in [0.3, 0.4) is 0 Å². The summed E-state index contributed by atoms with van der Waals surface area (Å²) in [6.07, 6.45) is 5.73. The smallest absolute Gasteiger partial charge is 0.213 e. The zero-order valence-corrected chi connectivity index (χ0v) is 17.1. The van der Waals surface area contributed by atoms with E-state index < -0.39 is 10.0 Å². The molecule has 1 saturated heterocycles. The molecule has 1 aliphatic heterocycles. The molecule has 0 aromatic carbocycles. The standard InChI is InChI=1S/C16H29N5O3S2/c1-13-11-20-15(25-13)6-7-18-16(17-2)19-8-10-26(22,23)21-12-14-5-3-4-9-24-14/h11,14,21H,3-10,12H2,1-2H3,(H2,17,18,19). The number of aliphatic imine (C=N–C) groups is 1. The van der Waals surface area contributed by atoms with Crippen molar-refractivity contribution in [1.29, 1.82) is 0 Å². The van der Waals surface area contributed by atoms with E-state index in [4.69, 9.17) is 4.74 Å². The molecule has 0 saturated carbocycles. The molecule has 1 atom stereocenters. The third-order valence-corrected chi connectivity index (χ3v) is 6.31. The average molecular weight is 404 g/mol. The van der Waals surface area contributed by atoms with Crippen LogP contribution in [0.1, 0.15) is 29.1 Å². The third kappa shape index (κ3) is 7.98. The molecule has 0 radical (unpaired) electrons. The van der Waals surface area contributed by atoms with Gasteiger partial charge in [0.25, 0.3) is 0 Å². The number of rotatable bonds is 9. The molecule has 1 aliphatic rings.